The van der Waals surface area contributed by atoms with Gasteiger partial charge in [-0.1, -0.05) is 30.4 Å². The third-order valence-corrected chi connectivity index (χ3v) is 2.27. The average molecular weight is 217 g/mol. The van der Waals surface area contributed by atoms with Gasteiger partial charge in [0, 0.05) is 11.1 Å². The lowest BCUT2D eigenvalue weighted by Gasteiger charge is -2.02. The van der Waals surface area contributed by atoms with Crippen molar-refractivity contribution in [3.05, 3.63) is 41.0 Å². The third-order valence-electron chi connectivity index (χ3n) is 2.27. The lowest BCUT2D eigenvalue weighted by Crippen LogP contribution is -2.05. The Labute approximate surface area is 95.2 Å². The van der Waals surface area contributed by atoms with Gasteiger partial charge in [0.2, 0.25) is 0 Å². The number of carbonyl (C=O) groups excluding carboxylic acids is 2. The van der Waals surface area contributed by atoms with Gasteiger partial charge < -0.3 is 5.32 Å². The minimum atomic E-state index is 0.547. The summed E-state index contributed by atoms with van der Waals surface area (Å²) in [6.07, 6.45) is 6.17. The van der Waals surface area contributed by atoms with Gasteiger partial charge in [0.15, 0.2) is 12.6 Å². The molecule has 1 aromatic carbocycles. The number of nitrogens with one attached hydrogen (secondary N) is 1. The maximum atomic E-state index is 10.8. The van der Waals surface area contributed by atoms with Crippen LogP contribution in [0.25, 0.3) is 6.08 Å². The molecule has 0 unspecified atom stereocenters. The predicted octanol–water partition coefficient (Wildman–Crippen LogP) is 1.93. The minimum absolute atomic E-state index is 0.547. The Bertz CT molecular complexity index is 371. The van der Waals surface area contributed by atoms with Crippen molar-refractivity contribution in [3.8, 4) is 0 Å². The standard InChI is InChI=1S/C13H15NO2/c1-14-8-3-2-7-13-11(9-15)5-4-6-12(13)10-16/h2,4-7,9-10,14H,3,8H2,1H3. The largest absolute Gasteiger partial charge is 0.319 e. The Balaban J connectivity index is 2.95. The third kappa shape index (κ3) is 3.14. The van der Waals surface area contributed by atoms with Gasteiger partial charge in [-0.05, 0) is 25.6 Å². The van der Waals surface area contributed by atoms with E-state index < -0.39 is 0 Å². The van der Waals surface area contributed by atoms with E-state index in [1.54, 1.807) is 18.2 Å². The first-order chi connectivity index (χ1) is 7.83. The molecule has 0 saturated heterocycles. The molecule has 0 aromatic heterocycles. The van der Waals surface area contributed by atoms with Gasteiger partial charge in [0.05, 0.1) is 0 Å². The van der Waals surface area contributed by atoms with Crippen molar-refractivity contribution in [2.45, 2.75) is 6.42 Å². The summed E-state index contributed by atoms with van der Waals surface area (Å²) >= 11 is 0. The smallest absolute Gasteiger partial charge is 0.150 e. The Morgan fingerprint density at radius 2 is 1.81 bits per heavy atom. The molecular weight excluding hydrogens is 202 g/mol. The molecule has 0 aliphatic carbocycles. The topological polar surface area (TPSA) is 46.2 Å². The van der Waals surface area contributed by atoms with Crippen LogP contribution < -0.4 is 5.32 Å². The van der Waals surface area contributed by atoms with Gasteiger partial charge in [0.1, 0.15) is 0 Å². The summed E-state index contributed by atoms with van der Waals surface area (Å²) in [4.78, 5) is 21.6. The van der Waals surface area contributed by atoms with Gasteiger partial charge in [-0.2, -0.15) is 0 Å². The van der Waals surface area contributed by atoms with Gasteiger partial charge in [-0.25, -0.2) is 0 Å². The molecule has 0 amide bonds. The van der Waals surface area contributed by atoms with Crippen molar-refractivity contribution in [2.75, 3.05) is 13.6 Å². The van der Waals surface area contributed by atoms with E-state index in [0.29, 0.717) is 16.7 Å². The molecule has 0 aliphatic rings. The van der Waals surface area contributed by atoms with Crippen LogP contribution in [0.5, 0.6) is 0 Å². The lowest BCUT2D eigenvalue weighted by molar-refractivity contribution is 0.112. The second-order valence-electron chi connectivity index (χ2n) is 3.38. The summed E-state index contributed by atoms with van der Waals surface area (Å²) in [6, 6.07) is 5.12. The van der Waals surface area contributed by atoms with Crippen LogP contribution in [0.4, 0.5) is 0 Å². The highest BCUT2D eigenvalue weighted by atomic mass is 16.1. The molecule has 0 bridgehead atoms. The second kappa shape index (κ2) is 6.69. The summed E-state index contributed by atoms with van der Waals surface area (Å²) < 4.78 is 0. The van der Waals surface area contributed by atoms with Crippen LogP contribution in [-0.2, 0) is 0 Å². The van der Waals surface area contributed by atoms with E-state index in [9.17, 15) is 9.59 Å². The van der Waals surface area contributed by atoms with Crippen molar-refractivity contribution in [1.82, 2.24) is 5.32 Å². The predicted molar refractivity (Wildman–Crippen MR) is 64.8 cm³/mol. The van der Waals surface area contributed by atoms with E-state index in [4.69, 9.17) is 0 Å². The van der Waals surface area contributed by atoms with E-state index >= 15 is 0 Å². The first kappa shape index (κ1) is 12.3. The first-order valence-electron chi connectivity index (χ1n) is 5.18. The molecule has 0 atom stereocenters. The van der Waals surface area contributed by atoms with Gasteiger partial charge >= 0.3 is 0 Å². The Morgan fingerprint density at radius 3 is 2.31 bits per heavy atom. The second-order valence-corrected chi connectivity index (χ2v) is 3.38. The molecule has 0 heterocycles. The molecule has 0 radical (unpaired) electrons. The van der Waals surface area contributed by atoms with Gasteiger partial charge in [-0.15, -0.1) is 0 Å². The highest BCUT2D eigenvalue weighted by Crippen LogP contribution is 2.14. The van der Waals surface area contributed by atoms with E-state index in [-0.39, 0.29) is 0 Å². The highest BCUT2D eigenvalue weighted by Gasteiger charge is 2.03. The first-order valence-corrected chi connectivity index (χ1v) is 5.18. The molecule has 84 valence electrons. The fourth-order valence-electron chi connectivity index (χ4n) is 1.43. The zero-order valence-corrected chi connectivity index (χ0v) is 9.27. The lowest BCUT2D eigenvalue weighted by atomic mass is 10.0. The SMILES string of the molecule is CNCCC=Cc1c(C=O)cccc1C=O. The van der Waals surface area contributed by atoms with Crippen LogP contribution in [0.3, 0.4) is 0 Å². The molecule has 0 spiro atoms. The summed E-state index contributed by atoms with van der Waals surface area (Å²) in [5.41, 5.74) is 1.79. The quantitative estimate of drug-likeness (QED) is 0.585. The number of hydrogen-bond donors (Lipinski definition) is 1. The zero-order chi connectivity index (χ0) is 11.8. The molecule has 3 heteroatoms. The Kier molecular flexibility index (Phi) is 5.16. The maximum absolute atomic E-state index is 10.8. The van der Waals surface area contributed by atoms with Crippen LogP contribution in [0, 0.1) is 0 Å². The number of hydrogen-bond acceptors (Lipinski definition) is 3. The average Bonchev–Trinajstić information content (AvgIpc) is 2.34. The van der Waals surface area contributed by atoms with Gasteiger partial charge in [-0.3, -0.25) is 9.59 Å². The van der Waals surface area contributed by atoms with Crippen molar-refractivity contribution >= 4 is 18.6 Å². The van der Waals surface area contributed by atoms with Crippen molar-refractivity contribution in [2.24, 2.45) is 0 Å². The van der Waals surface area contributed by atoms with Crippen LogP contribution in [0.1, 0.15) is 32.7 Å². The number of aldehydes is 2. The van der Waals surface area contributed by atoms with E-state index in [0.717, 1.165) is 25.5 Å². The van der Waals surface area contributed by atoms with Crippen LogP contribution in [0.2, 0.25) is 0 Å². The van der Waals surface area contributed by atoms with Crippen LogP contribution in [0.15, 0.2) is 24.3 Å². The maximum Gasteiger partial charge on any atom is 0.150 e. The molecular formula is C13H15NO2. The molecule has 0 aliphatic heterocycles. The van der Waals surface area contributed by atoms with Crippen molar-refractivity contribution in [1.29, 1.82) is 0 Å². The number of rotatable bonds is 6. The van der Waals surface area contributed by atoms with Gasteiger partial charge in [0.25, 0.3) is 0 Å². The molecule has 16 heavy (non-hydrogen) atoms. The van der Waals surface area contributed by atoms with E-state index in [2.05, 4.69) is 5.32 Å². The summed E-state index contributed by atoms with van der Waals surface area (Å²) in [5, 5.41) is 3.02. The number of benzene rings is 1. The summed E-state index contributed by atoms with van der Waals surface area (Å²) in [6.45, 7) is 0.871. The molecule has 0 saturated carbocycles. The van der Waals surface area contributed by atoms with Crippen molar-refractivity contribution in [3.63, 3.8) is 0 Å². The fraction of sp³-hybridized carbons (Fsp3) is 0.231. The summed E-state index contributed by atoms with van der Waals surface area (Å²) in [5.74, 6) is 0. The molecule has 1 aromatic rings. The van der Waals surface area contributed by atoms with Crippen LogP contribution in [-0.4, -0.2) is 26.2 Å². The minimum Gasteiger partial charge on any atom is -0.319 e. The molecule has 1 N–H and O–H groups in total. The molecule has 0 fully saturated rings. The Hall–Kier alpha value is -1.74. The van der Waals surface area contributed by atoms with Crippen LogP contribution >= 0.6 is 0 Å². The Morgan fingerprint density at radius 1 is 1.19 bits per heavy atom. The highest BCUT2D eigenvalue weighted by molar-refractivity contribution is 5.90. The van der Waals surface area contributed by atoms with E-state index in [1.165, 1.54) is 0 Å². The number of carbonyl (C=O) groups is 2. The zero-order valence-electron chi connectivity index (χ0n) is 9.27. The van der Waals surface area contributed by atoms with E-state index in [1.807, 2.05) is 19.2 Å². The van der Waals surface area contributed by atoms with Crippen molar-refractivity contribution < 1.29 is 9.59 Å². The summed E-state index contributed by atoms with van der Waals surface area (Å²) in [7, 11) is 1.88. The monoisotopic (exact) mass is 217 g/mol. The molecule has 3 nitrogen and oxygen atoms in total. The normalized spacial score (nSPS) is 10.6. The fourth-order valence-corrected chi connectivity index (χ4v) is 1.43. The molecule has 1 rings (SSSR count).